The van der Waals surface area contributed by atoms with Crippen LogP contribution in [0.5, 0.6) is 0 Å². The lowest BCUT2D eigenvalue weighted by molar-refractivity contribution is -0.124. The van der Waals surface area contributed by atoms with Crippen LogP contribution in [-0.2, 0) is 4.79 Å². The Morgan fingerprint density at radius 3 is 2.33 bits per heavy atom. The molecule has 1 aromatic heterocycles. The summed E-state index contributed by atoms with van der Waals surface area (Å²) in [4.78, 5) is 35.3. The number of furan rings is 1. The second kappa shape index (κ2) is 9.05. The van der Waals surface area contributed by atoms with Crippen LogP contribution in [-0.4, -0.2) is 30.2 Å². The van der Waals surface area contributed by atoms with E-state index in [2.05, 4.69) is 31.1 Å². The molecule has 0 saturated carbocycles. The average Bonchev–Trinajstić information content (AvgIpc) is 2.99. The van der Waals surface area contributed by atoms with E-state index in [1.54, 1.807) is 6.08 Å². The Balaban J connectivity index is 2.78. The summed E-state index contributed by atoms with van der Waals surface area (Å²) < 4.78 is 5.08. The molecule has 2 amide bonds. The summed E-state index contributed by atoms with van der Waals surface area (Å²) in [6, 6.07) is 1.94. The Morgan fingerprint density at radius 1 is 1.21 bits per heavy atom. The third-order valence-electron chi connectivity index (χ3n) is 3.54. The van der Waals surface area contributed by atoms with Crippen molar-refractivity contribution in [3.63, 3.8) is 0 Å². The number of rotatable bonds is 9. The first-order valence-electron chi connectivity index (χ1n) is 8.07. The highest BCUT2D eigenvalue weighted by Gasteiger charge is 2.27. The lowest BCUT2D eigenvalue weighted by Crippen LogP contribution is -2.51. The average molecular weight is 334 g/mol. The second-order valence-electron chi connectivity index (χ2n) is 6.50. The molecule has 0 aliphatic rings. The van der Waals surface area contributed by atoms with Crippen molar-refractivity contribution in [2.45, 2.75) is 46.2 Å². The molecular formula is C18H26N2O4. The highest BCUT2D eigenvalue weighted by atomic mass is 16.4. The van der Waals surface area contributed by atoms with Crippen molar-refractivity contribution >= 4 is 18.1 Å². The van der Waals surface area contributed by atoms with Crippen molar-refractivity contribution in [3.8, 4) is 0 Å². The van der Waals surface area contributed by atoms with Gasteiger partial charge in [0.2, 0.25) is 5.91 Å². The maximum Gasteiger partial charge on any atom is 0.287 e. The molecule has 1 aromatic rings. The molecule has 24 heavy (non-hydrogen) atoms. The first-order valence-corrected chi connectivity index (χ1v) is 8.07. The highest BCUT2D eigenvalue weighted by molar-refractivity contribution is 5.96. The summed E-state index contributed by atoms with van der Waals surface area (Å²) in [6.07, 6.45) is 2.99. The maximum atomic E-state index is 12.5. The van der Waals surface area contributed by atoms with E-state index in [4.69, 9.17) is 4.42 Å². The summed E-state index contributed by atoms with van der Waals surface area (Å²) in [7, 11) is 0. The number of amides is 2. The molecule has 0 unspecified atom stereocenters. The van der Waals surface area contributed by atoms with Gasteiger partial charge < -0.3 is 15.1 Å². The van der Waals surface area contributed by atoms with Crippen LogP contribution in [0, 0.1) is 11.8 Å². The monoisotopic (exact) mass is 334 g/mol. The van der Waals surface area contributed by atoms with Crippen LogP contribution in [0.15, 0.2) is 29.2 Å². The zero-order valence-corrected chi connectivity index (χ0v) is 14.7. The van der Waals surface area contributed by atoms with Crippen LogP contribution in [0.2, 0.25) is 0 Å². The van der Waals surface area contributed by atoms with E-state index in [9.17, 15) is 14.4 Å². The molecule has 0 spiro atoms. The van der Waals surface area contributed by atoms with Gasteiger partial charge in [0.15, 0.2) is 17.8 Å². The summed E-state index contributed by atoms with van der Waals surface area (Å²) >= 11 is 0. The Morgan fingerprint density at radius 2 is 1.88 bits per heavy atom. The molecule has 0 fully saturated rings. The van der Waals surface area contributed by atoms with E-state index < -0.39 is 11.9 Å². The molecule has 0 bridgehead atoms. The molecule has 6 heteroatoms. The molecule has 0 radical (unpaired) electrons. The third-order valence-corrected chi connectivity index (χ3v) is 3.54. The molecule has 0 aromatic carbocycles. The number of carbonyl (C=O) groups is 3. The lowest BCUT2D eigenvalue weighted by atomic mass is 10.0. The molecule has 1 rings (SSSR count). The Kier molecular flexibility index (Phi) is 7.42. The van der Waals surface area contributed by atoms with Gasteiger partial charge in [-0.2, -0.15) is 0 Å². The summed E-state index contributed by atoms with van der Waals surface area (Å²) in [5.74, 6) is -0.446. The smallest absolute Gasteiger partial charge is 0.287 e. The number of hydrogen-bond donors (Lipinski definition) is 2. The van der Waals surface area contributed by atoms with Crippen molar-refractivity contribution < 1.29 is 18.8 Å². The van der Waals surface area contributed by atoms with E-state index in [0.717, 1.165) is 6.42 Å². The predicted octanol–water partition coefficient (Wildman–Crippen LogP) is 2.56. The predicted molar refractivity (Wildman–Crippen MR) is 91.8 cm³/mol. The minimum Gasteiger partial charge on any atom is -0.448 e. The zero-order valence-electron chi connectivity index (χ0n) is 14.7. The Bertz CT molecular complexity index is 590. The zero-order chi connectivity index (χ0) is 18.3. The second-order valence-corrected chi connectivity index (χ2v) is 6.50. The lowest BCUT2D eigenvalue weighted by Gasteiger charge is -2.24. The van der Waals surface area contributed by atoms with Crippen LogP contribution in [0.1, 0.15) is 55.2 Å². The van der Waals surface area contributed by atoms with Gasteiger partial charge in [0.1, 0.15) is 6.04 Å². The first kappa shape index (κ1) is 19.7. The standard InChI is InChI=1S/C18H26N2O4/c1-6-13(9-11(2)3)19-18(23)16(12(4)5)20-17(22)15-8-7-14(10-21)24-15/h6-8,10-13,16H,1,9H2,2-5H3,(H,19,23)(H,20,22)/t13-,16+/m1/s1. The maximum absolute atomic E-state index is 12.5. The van der Waals surface area contributed by atoms with E-state index in [1.165, 1.54) is 12.1 Å². The van der Waals surface area contributed by atoms with E-state index in [1.807, 2.05) is 13.8 Å². The van der Waals surface area contributed by atoms with Crippen molar-refractivity contribution in [1.29, 1.82) is 0 Å². The Labute approximate surface area is 142 Å². The van der Waals surface area contributed by atoms with Gasteiger partial charge >= 0.3 is 0 Å². The third kappa shape index (κ3) is 5.68. The van der Waals surface area contributed by atoms with Crippen molar-refractivity contribution in [1.82, 2.24) is 10.6 Å². The molecule has 0 aliphatic heterocycles. The summed E-state index contributed by atoms with van der Waals surface area (Å²) in [5.41, 5.74) is 0. The molecule has 132 valence electrons. The van der Waals surface area contributed by atoms with E-state index >= 15 is 0 Å². The van der Waals surface area contributed by atoms with E-state index in [-0.39, 0.29) is 29.4 Å². The van der Waals surface area contributed by atoms with Crippen LogP contribution < -0.4 is 10.6 Å². The SMILES string of the molecule is C=C[C@H](CC(C)C)NC(=O)[C@@H](NC(=O)c1ccc(C=O)o1)C(C)C. The molecule has 6 nitrogen and oxygen atoms in total. The molecule has 1 heterocycles. The number of hydrogen-bond acceptors (Lipinski definition) is 4. The summed E-state index contributed by atoms with van der Waals surface area (Å²) in [6.45, 7) is 11.5. The van der Waals surface area contributed by atoms with Gasteiger partial charge in [-0.05, 0) is 30.4 Å². The molecule has 0 saturated heterocycles. The fourth-order valence-corrected chi connectivity index (χ4v) is 2.28. The number of nitrogens with one attached hydrogen (secondary N) is 2. The molecule has 2 N–H and O–H groups in total. The van der Waals surface area contributed by atoms with Crippen LogP contribution in [0.3, 0.4) is 0 Å². The number of aldehydes is 1. The van der Waals surface area contributed by atoms with E-state index in [0.29, 0.717) is 12.2 Å². The number of carbonyl (C=O) groups excluding carboxylic acids is 3. The fourth-order valence-electron chi connectivity index (χ4n) is 2.28. The van der Waals surface area contributed by atoms with Crippen molar-refractivity contribution in [3.05, 3.63) is 36.3 Å². The normalized spacial score (nSPS) is 13.4. The minimum absolute atomic E-state index is 0.00185. The van der Waals surface area contributed by atoms with Crippen LogP contribution in [0.4, 0.5) is 0 Å². The highest BCUT2D eigenvalue weighted by Crippen LogP contribution is 2.10. The topological polar surface area (TPSA) is 88.4 Å². The Hall–Kier alpha value is -2.37. The van der Waals surface area contributed by atoms with Crippen molar-refractivity contribution in [2.75, 3.05) is 0 Å². The molecule has 0 aliphatic carbocycles. The largest absolute Gasteiger partial charge is 0.448 e. The first-order chi connectivity index (χ1) is 11.3. The van der Waals surface area contributed by atoms with Gasteiger partial charge in [-0.25, -0.2) is 0 Å². The van der Waals surface area contributed by atoms with Gasteiger partial charge in [0.25, 0.3) is 5.91 Å². The minimum atomic E-state index is -0.711. The van der Waals surface area contributed by atoms with Crippen LogP contribution in [0.25, 0.3) is 0 Å². The van der Waals surface area contributed by atoms with Gasteiger partial charge in [-0.15, -0.1) is 6.58 Å². The quantitative estimate of drug-likeness (QED) is 0.536. The van der Waals surface area contributed by atoms with Crippen molar-refractivity contribution in [2.24, 2.45) is 11.8 Å². The van der Waals surface area contributed by atoms with Gasteiger partial charge in [0, 0.05) is 6.04 Å². The summed E-state index contributed by atoms with van der Waals surface area (Å²) in [5, 5.41) is 5.55. The van der Waals surface area contributed by atoms with Crippen LogP contribution >= 0.6 is 0 Å². The van der Waals surface area contributed by atoms with Gasteiger partial charge in [-0.1, -0.05) is 33.8 Å². The molecular weight excluding hydrogens is 308 g/mol. The fraction of sp³-hybridized carbons (Fsp3) is 0.500. The van der Waals surface area contributed by atoms with Gasteiger partial charge in [-0.3, -0.25) is 14.4 Å². The van der Waals surface area contributed by atoms with Gasteiger partial charge in [0.05, 0.1) is 0 Å². The molecule has 2 atom stereocenters.